The number of rotatable bonds is 1. The minimum absolute atomic E-state index is 0.00772. The topological polar surface area (TPSA) is 79.3 Å². The Bertz CT molecular complexity index is 317. The van der Waals surface area contributed by atoms with Gasteiger partial charge in [0.15, 0.2) is 0 Å². The molecule has 0 saturated carbocycles. The van der Waals surface area contributed by atoms with Gasteiger partial charge >= 0.3 is 6.09 Å². The van der Waals surface area contributed by atoms with Gasteiger partial charge in [-0.05, 0) is 27.2 Å². The summed E-state index contributed by atoms with van der Waals surface area (Å²) in [5.74, 6) is 0.0567. The molecule has 0 aromatic carbocycles. The first-order valence-electron chi connectivity index (χ1n) is 5.94. The van der Waals surface area contributed by atoms with Crippen molar-refractivity contribution in [1.29, 1.82) is 5.26 Å². The molecule has 0 bridgehead atoms. The first-order valence-corrected chi connectivity index (χ1v) is 5.94. The lowest BCUT2D eigenvalue weighted by Crippen LogP contribution is -2.50. The van der Waals surface area contributed by atoms with Crippen LogP contribution in [0.2, 0.25) is 0 Å². The first kappa shape index (κ1) is 13.8. The molecule has 0 aromatic rings. The second-order valence-corrected chi connectivity index (χ2v) is 5.50. The van der Waals surface area contributed by atoms with Crippen molar-refractivity contribution in [3.63, 3.8) is 0 Å². The molecule has 0 aromatic heterocycles. The molecule has 2 N–H and O–H groups in total. The molecule has 2 atom stereocenters. The summed E-state index contributed by atoms with van der Waals surface area (Å²) < 4.78 is 5.30. The summed E-state index contributed by atoms with van der Waals surface area (Å²) in [4.78, 5) is 13.5. The van der Waals surface area contributed by atoms with Crippen LogP contribution in [-0.4, -0.2) is 35.7 Å². The van der Waals surface area contributed by atoms with Crippen molar-refractivity contribution in [2.45, 2.75) is 45.3 Å². The largest absolute Gasteiger partial charge is 0.444 e. The zero-order chi connectivity index (χ0) is 13.1. The van der Waals surface area contributed by atoms with E-state index >= 15 is 0 Å². The Hall–Kier alpha value is -1.28. The fraction of sp³-hybridized carbons (Fsp3) is 0.833. The molecule has 0 aliphatic carbocycles. The molecule has 1 fully saturated rings. The van der Waals surface area contributed by atoms with E-state index < -0.39 is 5.60 Å². The van der Waals surface area contributed by atoms with Crippen molar-refractivity contribution in [3.8, 4) is 6.07 Å². The van der Waals surface area contributed by atoms with Gasteiger partial charge < -0.3 is 15.4 Å². The van der Waals surface area contributed by atoms with Crippen LogP contribution in [-0.2, 0) is 4.74 Å². The molecular weight excluding hydrogens is 218 g/mol. The van der Waals surface area contributed by atoms with Crippen LogP contribution in [0.4, 0.5) is 4.79 Å². The Morgan fingerprint density at radius 2 is 2.24 bits per heavy atom. The van der Waals surface area contributed by atoms with E-state index in [2.05, 4.69) is 6.07 Å². The maximum atomic E-state index is 11.9. The molecule has 17 heavy (non-hydrogen) atoms. The number of hydrogen-bond acceptors (Lipinski definition) is 4. The molecule has 1 heterocycles. The van der Waals surface area contributed by atoms with Crippen molar-refractivity contribution < 1.29 is 9.53 Å². The van der Waals surface area contributed by atoms with E-state index in [-0.39, 0.29) is 18.1 Å². The molecule has 0 spiro atoms. The molecule has 5 heteroatoms. The molecule has 0 unspecified atom stereocenters. The van der Waals surface area contributed by atoms with Crippen molar-refractivity contribution in [3.05, 3.63) is 0 Å². The number of likely N-dealkylation sites (tertiary alicyclic amines) is 1. The van der Waals surface area contributed by atoms with Gasteiger partial charge in [-0.3, -0.25) is 0 Å². The SMILES string of the molecule is CC(C)(C)OC(=O)N1CC[C@@H](N)[C@@H](CC#N)C1. The van der Waals surface area contributed by atoms with E-state index in [9.17, 15) is 4.79 Å². The highest BCUT2D eigenvalue weighted by Crippen LogP contribution is 2.20. The van der Waals surface area contributed by atoms with Gasteiger partial charge in [0.05, 0.1) is 6.07 Å². The van der Waals surface area contributed by atoms with Gasteiger partial charge in [-0.2, -0.15) is 5.26 Å². The molecule has 5 nitrogen and oxygen atoms in total. The number of amides is 1. The van der Waals surface area contributed by atoms with Gasteiger partial charge in [0, 0.05) is 31.5 Å². The molecule has 0 radical (unpaired) electrons. The van der Waals surface area contributed by atoms with Crippen LogP contribution in [0.15, 0.2) is 0 Å². The summed E-state index contributed by atoms with van der Waals surface area (Å²) in [6.45, 7) is 6.65. The van der Waals surface area contributed by atoms with E-state index in [0.717, 1.165) is 6.42 Å². The number of hydrogen-bond donors (Lipinski definition) is 1. The number of carbonyl (C=O) groups is 1. The molecule has 96 valence electrons. The number of nitrogens with two attached hydrogens (primary N) is 1. The van der Waals surface area contributed by atoms with Crippen LogP contribution in [0.3, 0.4) is 0 Å². The molecule has 1 aliphatic rings. The Labute approximate surface area is 103 Å². The van der Waals surface area contributed by atoms with E-state index in [1.54, 1.807) is 4.90 Å². The summed E-state index contributed by atoms with van der Waals surface area (Å²) in [6.07, 6.45) is 0.804. The number of nitriles is 1. The van der Waals surface area contributed by atoms with Crippen LogP contribution < -0.4 is 5.73 Å². The summed E-state index contributed by atoms with van der Waals surface area (Å²) >= 11 is 0. The van der Waals surface area contributed by atoms with Crippen molar-refractivity contribution in [1.82, 2.24) is 4.90 Å². The normalized spacial score (nSPS) is 25.2. The molecule has 1 rings (SSSR count). The van der Waals surface area contributed by atoms with Gasteiger partial charge in [-0.1, -0.05) is 0 Å². The summed E-state index contributed by atoms with van der Waals surface area (Å²) in [6, 6.07) is 2.12. The second-order valence-electron chi connectivity index (χ2n) is 5.50. The predicted octanol–water partition coefficient (Wildman–Crippen LogP) is 1.48. The average molecular weight is 239 g/mol. The Morgan fingerprint density at radius 1 is 1.59 bits per heavy atom. The van der Waals surface area contributed by atoms with E-state index in [0.29, 0.717) is 19.5 Å². The molecule has 1 saturated heterocycles. The summed E-state index contributed by atoms with van der Waals surface area (Å²) in [5, 5.41) is 8.71. The highest BCUT2D eigenvalue weighted by molar-refractivity contribution is 5.68. The summed E-state index contributed by atoms with van der Waals surface area (Å²) in [7, 11) is 0. The van der Waals surface area contributed by atoms with Crippen LogP contribution in [0.5, 0.6) is 0 Å². The van der Waals surface area contributed by atoms with Gasteiger partial charge in [-0.15, -0.1) is 0 Å². The highest BCUT2D eigenvalue weighted by atomic mass is 16.6. The zero-order valence-electron chi connectivity index (χ0n) is 10.8. The third-order valence-electron chi connectivity index (χ3n) is 2.80. The zero-order valence-corrected chi connectivity index (χ0v) is 10.8. The number of nitrogens with zero attached hydrogens (tertiary/aromatic N) is 2. The van der Waals surface area contributed by atoms with Gasteiger partial charge in [-0.25, -0.2) is 4.79 Å². The Balaban J connectivity index is 2.56. The number of ether oxygens (including phenoxy) is 1. The fourth-order valence-electron chi connectivity index (χ4n) is 1.88. The van der Waals surface area contributed by atoms with Crippen molar-refractivity contribution in [2.75, 3.05) is 13.1 Å². The third kappa shape index (κ3) is 4.23. The van der Waals surface area contributed by atoms with Crippen LogP contribution >= 0.6 is 0 Å². The minimum atomic E-state index is -0.485. The van der Waals surface area contributed by atoms with E-state index in [1.807, 2.05) is 20.8 Å². The minimum Gasteiger partial charge on any atom is -0.444 e. The molecule has 1 aliphatic heterocycles. The fourth-order valence-corrected chi connectivity index (χ4v) is 1.88. The van der Waals surface area contributed by atoms with Crippen LogP contribution in [0.25, 0.3) is 0 Å². The summed E-state index contributed by atoms with van der Waals surface area (Å²) in [5.41, 5.74) is 5.44. The van der Waals surface area contributed by atoms with Crippen molar-refractivity contribution >= 4 is 6.09 Å². The smallest absolute Gasteiger partial charge is 0.410 e. The lowest BCUT2D eigenvalue weighted by atomic mass is 9.91. The van der Waals surface area contributed by atoms with Gasteiger partial charge in [0.1, 0.15) is 5.60 Å². The maximum Gasteiger partial charge on any atom is 0.410 e. The number of carbonyl (C=O) groups excluding carboxylic acids is 1. The monoisotopic (exact) mass is 239 g/mol. The van der Waals surface area contributed by atoms with Gasteiger partial charge in [0.25, 0.3) is 0 Å². The second kappa shape index (κ2) is 5.37. The Kier molecular flexibility index (Phi) is 4.35. The lowest BCUT2D eigenvalue weighted by Gasteiger charge is -2.36. The predicted molar refractivity (Wildman–Crippen MR) is 64.1 cm³/mol. The Morgan fingerprint density at radius 3 is 2.76 bits per heavy atom. The van der Waals surface area contributed by atoms with Gasteiger partial charge in [0.2, 0.25) is 0 Å². The lowest BCUT2D eigenvalue weighted by molar-refractivity contribution is 0.0151. The molecule has 1 amide bonds. The third-order valence-corrected chi connectivity index (χ3v) is 2.80. The standard InChI is InChI=1S/C12H21N3O2/c1-12(2,3)17-11(16)15-7-5-10(14)9(8-15)4-6-13/h9-10H,4-5,7-8,14H2,1-3H3/t9-,10+/m0/s1. The highest BCUT2D eigenvalue weighted by Gasteiger charge is 2.31. The molecular formula is C12H21N3O2. The van der Waals surface area contributed by atoms with E-state index in [1.165, 1.54) is 0 Å². The first-order chi connectivity index (χ1) is 7.83. The average Bonchev–Trinajstić information content (AvgIpc) is 2.19. The van der Waals surface area contributed by atoms with Crippen molar-refractivity contribution in [2.24, 2.45) is 11.7 Å². The van der Waals surface area contributed by atoms with E-state index in [4.69, 9.17) is 15.7 Å². The number of piperidine rings is 1. The quantitative estimate of drug-likeness (QED) is 0.751. The maximum absolute atomic E-state index is 11.9. The van der Waals surface area contributed by atoms with Crippen LogP contribution in [0.1, 0.15) is 33.6 Å². The van der Waals surface area contributed by atoms with Crippen LogP contribution in [0, 0.1) is 17.2 Å².